The van der Waals surface area contributed by atoms with E-state index in [0.717, 1.165) is 0 Å². The van der Waals surface area contributed by atoms with Crippen LogP contribution in [0.1, 0.15) is 10.4 Å². The van der Waals surface area contributed by atoms with Crippen LogP contribution in [0.15, 0.2) is 18.2 Å². The summed E-state index contributed by atoms with van der Waals surface area (Å²) in [5.41, 5.74) is 4.96. The molecule has 2 amide bonds. The molecule has 0 aromatic heterocycles. The topological polar surface area (TPSA) is 102 Å². The van der Waals surface area contributed by atoms with Crippen molar-refractivity contribution in [1.82, 2.24) is 0 Å². The van der Waals surface area contributed by atoms with Gasteiger partial charge in [-0.25, -0.2) is 9.59 Å². The van der Waals surface area contributed by atoms with Crippen LogP contribution < -0.4 is 15.8 Å². The third kappa shape index (κ3) is 2.60. The van der Waals surface area contributed by atoms with Gasteiger partial charge in [-0.15, -0.1) is 0 Å². The fourth-order valence-corrected chi connectivity index (χ4v) is 1.07. The zero-order chi connectivity index (χ0) is 11.4. The fourth-order valence-electron chi connectivity index (χ4n) is 1.07. The first-order valence-corrected chi connectivity index (χ1v) is 4.02. The standard InChI is InChI=1S/C9H10N2O4/c1-15-5-2-3-6(8(12)13)7(4-5)11-9(10)14/h2-4H,1H3,(H,12,13)(H3,10,11,14). The van der Waals surface area contributed by atoms with Crippen molar-refractivity contribution in [3.05, 3.63) is 23.8 Å². The lowest BCUT2D eigenvalue weighted by Crippen LogP contribution is -2.21. The number of carboxylic acids is 1. The van der Waals surface area contributed by atoms with Gasteiger partial charge < -0.3 is 20.9 Å². The predicted molar refractivity (Wildman–Crippen MR) is 53.2 cm³/mol. The van der Waals surface area contributed by atoms with Gasteiger partial charge in [-0.3, -0.25) is 0 Å². The van der Waals surface area contributed by atoms with Gasteiger partial charge in [0, 0.05) is 6.07 Å². The Bertz CT molecular complexity index is 403. The van der Waals surface area contributed by atoms with Gasteiger partial charge in [0.25, 0.3) is 0 Å². The van der Waals surface area contributed by atoms with Crippen LogP contribution in [0.2, 0.25) is 0 Å². The maximum Gasteiger partial charge on any atom is 0.337 e. The van der Waals surface area contributed by atoms with Crippen LogP contribution >= 0.6 is 0 Å². The molecule has 0 aliphatic heterocycles. The molecule has 0 spiro atoms. The van der Waals surface area contributed by atoms with Gasteiger partial charge in [0.15, 0.2) is 0 Å². The van der Waals surface area contributed by atoms with Crippen LogP contribution in [0, 0.1) is 0 Å². The Kier molecular flexibility index (Phi) is 3.12. The number of anilines is 1. The molecule has 80 valence electrons. The second-order valence-electron chi connectivity index (χ2n) is 2.71. The monoisotopic (exact) mass is 210 g/mol. The minimum Gasteiger partial charge on any atom is -0.497 e. The fraction of sp³-hybridized carbons (Fsp3) is 0.111. The number of carboxylic acid groups (broad SMARTS) is 1. The molecule has 0 aliphatic rings. The molecule has 1 rings (SSSR count). The van der Waals surface area contributed by atoms with Crippen LogP contribution in [-0.2, 0) is 0 Å². The highest BCUT2D eigenvalue weighted by molar-refractivity contribution is 5.99. The first-order chi connectivity index (χ1) is 7.04. The molecule has 0 radical (unpaired) electrons. The van der Waals surface area contributed by atoms with Crippen molar-refractivity contribution in [1.29, 1.82) is 0 Å². The molecular weight excluding hydrogens is 200 g/mol. The van der Waals surface area contributed by atoms with Crippen molar-refractivity contribution in [3.8, 4) is 5.75 Å². The minimum atomic E-state index is -1.15. The quantitative estimate of drug-likeness (QED) is 0.689. The summed E-state index contributed by atoms with van der Waals surface area (Å²) < 4.78 is 4.89. The van der Waals surface area contributed by atoms with Gasteiger partial charge in [0.05, 0.1) is 18.4 Å². The summed E-state index contributed by atoms with van der Waals surface area (Å²) in [6.07, 6.45) is 0. The molecule has 0 saturated carbocycles. The lowest BCUT2D eigenvalue weighted by molar-refractivity contribution is 0.0698. The number of primary amides is 1. The molecule has 1 aromatic rings. The molecule has 0 atom stereocenters. The first kappa shape index (κ1) is 10.8. The smallest absolute Gasteiger partial charge is 0.337 e. The molecule has 0 bridgehead atoms. The number of rotatable bonds is 3. The maximum absolute atomic E-state index is 10.8. The Labute approximate surface area is 85.6 Å². The summed E-state index contributed by atoms with van der Waals surface area (Å²) in [7, 11) is 1.43. The average molecular weight is 210 g/mol. The van der Waals surface area contributed by atoms with Crippen molar-refractivity contribution >= 4 is 17.7 Å². The number of methoxy groups -OCH3 is 1. The molecule has 6 nitrogen and oxygen atoms in total. The number of benzene rings is 1. The maximum atomic E-state index is 10.8. The van der Waals surface area contributed by atoms with Crippen molar-refractivity contribution in [3.63, 3.8) is 0 Å². The van der Waals surface area contributed by atoms with E-state index >= 15 is 0 Å². The van der Waals surface area contributed by atoms with Crippen LogP contribution in [-0.4, -0.2) is 24.2 Å². The van der Waals surface area contributed by atoms with Gasteiger partial charge in [-0.1, -0.05) is 0 Å². The van der Waals surface area contributed by atoms with E-state index in [9.17, 15) is 9.59 Å². The molecular formula is C9H10N2O4. The predicted octanol–water partition coefficient (Wildman–Crippen LogP) is 0.884. The number of nitrogens with two attached hydrogens (primary N) is 1. The normalized spacial score (nSPS) is 9.40. The highest BCUT2D eigenvalue weighted by Gasteiger charge is 2.12. The summed E-state index contributed by atoms with van der Waals surface area (Å²) in [5, 5.41) is 11.0. The summed E-state index contributed by atoms with van der Waals surface area (Å²) in [5.74, 6) is -0.717. The van der Waals surface area contributed by atoms with Gasteiger partial charge in [-0.05, 0) is 12.1 Å². The number of aromatic carboxylic acids is 1. The van der Waals surface area contributed by atoms with E-state index in [-0.39, 0.29) is 11.3 Å². The van der Waals surface area contributed by atoms with Crippen LogP contribution in [0.4, 0.5) is 10.5 Å². The van der Waals surface area contributed by atoms with E-state index in [0.29, 0.717) is 5.75 Å². The third-order valence-corrected chi connectivity index (χ3v) is 1.72. The van der Waals surface area contributed by atoms with Crippen molar-refractivity contribution in [2.75, 3.05) is 12.4 Å². The highest BCUT2D eigenvalue weighted by atomic mass is 16.5. The molecule has 1 aromatic carbocycles. The van der Waals surface area contributed by atoms with Crippen LogP contribution in [0.5, 0.6) is 5.75 Å². The zero-order valence-electron chi connectivity index (χ0n) is 7.98. The summed E-state index contributed by atoms with van der Waals surface area (Å²) in [6.45, 7) is 0. The summed E-state index contributed by atoms with van der Waals surface area (Å²) in [4.78, 5) is 21.4. The lowest BCUT2D eigenvalue weighted by atomic mass is 10.1. The molecule has 0 saturated heterocycles. The van der Waals surface area contributed by atoms with Gasteiger partial charge in [0.2, 0.25) is 0 Å². The number of amides is 2. The third-order valence-electron chi connectivity index (χ3n) is 1.72. The Balaban J connectivity index is 3.16. The van der Waals surface area contributed by atoms with Crippen molar-refractivity contribution < 1.29 is 19.4 Å². The van der Waals surface area contributed by atoms with E-state index in [2.05, 4.69) is 5.32 Å². The molecule has 0 unspecified atom stereocenters. The average Bonchev–Trinajstić information content (AvgIpc) is 2.16. The number of carbonyl (C=O) groups excluding carboxylic acids is 1. The molecule has 0 heterocycles. The van der Waals surface area contributed by atoms with E-state index in [1.165, 1.54) is 25.3 Å². The lowest BCUT2D eigenvalue weighted by Gasteiger charge is -2.08. The Morgan fingerprint density at radius 1 is 1.47 bits per heavy atom. The zero-order valence-corrected chi connectivity index (χ0v) is 7.98. The van der Waals surface area contributed by atoms with E-state index in [1.807, 2.05) is 0 Å². The van der Waals surface area contributed by atoms with Crippen molar-refractivity contribution in [2.45, 2.75) is 0 Å². The Morgan fingerprint density at radius 2 is 2.13 bits per heavy atom. The van der Waals surface area contributed by atoms with Gasteiger partial charge >= 0.3 is 12.0 Å². The highest BCUT2D eigenvalue weighted by Crippen LogP contribution is 2.22. The molecule has 0 fully saturated rings. The van der Waals surface area contributed by atoms with E-state index < -0.39 is 12.0 Å². The number of hydrogen-bond acceptors (Lipinski definition) is 3. The summed E-state index contributed by atoms with van der Waals surface area (Å²) >= 11 is 0. The van der Waals surface area contributed by atoms with Crippen molar-refractivity contribution in [2.24, 2.45) is 5.73 Å². The minimum absolute atomic E-state index is 0.0467. The van der Waals surface area contributed by atoms with Crippen LogP contribution in [0.25, 0.3) is 0 Å². The first-order valence-electron chi connectivity index (χ1n) is 4.02. The van der Waals surface area contributed by atoms with Gasteiger partial charge in [0.1, 0.15) is 5.75 Å². The number of urea groups is 1. The SMILES string of the molecule is COc1ccc(C(=O)O)c(NC(N)=O)c1. The number of hydrogen-bond donors (Lipinski definition) is 3. The largest absolute Gasteiger partial charge is 0.497 e. The second kappa shape index (κ2) is 4.32. The second-order valence-corrected chi connectivity index (χ2v) is 2.71. The van der Waals surface area contributed by atoms with Crippen LogP contribution in [0.3, 0.4) is 0 Å². The van der Waals surface area contributed by atoms with E-state index in [4.69, 9.17) is 15.6 Å². The number of carbonyl (C=O) groups is 2. The molecule has 4 N–H and O–H groups in total. The van der Waals surface area contributed by atoms with Gasteiger partial charge in [-0.2, -0.15) is 0 Å². The number of nitrogens with one attached hydrogen (secondary N) is 1. The molecule has 0 aliphatic carbocycles. The Hall–Kier alpha value is -2.24. The summed E-state index contributed by atoms with van der Waals surface area (Å²) in [6, 6.07) is 3.36. The molecule has 15 heavy (non-hydrogen) atoms. The number of ether oxygens (including phenoxy) is 1. The Morgan fingerprint density at radius 3 is 2.60 bits per heavy atom. The molecule has 6 heteroatoms. The van der Waals surface area contributed by atoms with E-state index in [1.54, 1.807) is 0 Å².